The second-order valence-electron chi connectivity index (χ2n) is 10.7. The number of Topliss-reactive ketones (excluding diaryl/α,β-unsaturated/α-hetero) is 1. The van der Waals surface area contributed by atoms with E-state index >= 15 is 0 Å². The Morgan fingerprint density at radius 1 is 1.04 bits per heavy atom. The first-order chi connectivity index (χ1) is 12.0. The van der Waals surface area contributed by atoms with Crippen LogP contribution in [0.5, 0.6) is 0 Å². The predicted octanol–water partition coefficient (Wildman–Crippen LogP) is 3.73. The maximum absolute atomic E-state index is 12.8. The van der Waals surface area contributed by atoms with Gasteiger partial charge in [0.1, 0.15) is 6.10 Å². The van der Waals surface area contributed by atoms with Gasteiger partial charge in [-0.1, -0.05) is 6.92 Å². The topological polar surface area (TPSA) is 49.8 Å². The van der Waals surface area contributed by atoms with Gasteiger partial charge in [0.15, 0.2) is 5.78 Å². The van der Waals surface area contributed by atoms with E-state index in [1.807, 2.05) is 0 Å². The van der Waals surface area contributed by atoms with Crippen molar-refractivity contribution < 1.29 is 14.6 Å². The van der Waals surface area contributed by atoms with Gasteiger partial charge in [0.25, 0.3) is 0 Å². The molecule has 3 heteroatoms. The zero-order valence-corrected chi connectivity index (χ0v) is 15.5. The van der Waals surface area contributed by atoms with E-state index in [0.717, 1.165) is 42.9 Å². The Morgan fingerprint density at radius 2 is 1.92 bits per heavy atom. The van der Waals surface area contributed by atoms with Crippen LogP contribution in [0.25, 0.3) is 0 Å². The second-order valence-corrected chi connectivity index (χ2v) is 10.7. The number of aliphatic hydroxyl groups excluding tert-OH is 1. The highest BCUT2D eigenvalue weighted by molar-refractivity contribution is 5.90. The van der Waals surface area contributed by atoms with Gasteiger partial charge in [-0.3, -0.25) is 4.79 Å². The lowest BCUT2D eigenvalue weighted by Gasteiger charge is -2.61. The van der Waals surface area contributed by atoms with E-state index in [-0.39, 0.29) is 18.3 Å². The van der Waals surface area contributed by atoms with Crippen LogP contribution in [-0.2, 0) is 9.53 Å². The lowest BCUT2D eigenvalue weighted by atomic mass is 9.43. The molecule has 0 bridgehead atoms. The number of epoxide rings is 1. The molecule has 6 aliphatic rings. The van der Waals surface area contributed by atoms with Gasteiger partial charge in [0.2, 0.25) is 0 Å². The van der Waals surface area contributed by atoms with Gasteiger partial charge in [-0.05, 0) is 98.7 Å². The van der Waals surface area contributed by atoms with Gasteiger partial charge in [0, 0.05) is 5.92 Å². The quantitative estimate of drug-likeness (QED) is 0.681. The molecule has 0 aromatic carbocycles. The highest BCUT2D eigenvalue weighted by Gasteiger charge is 2.69. The Balaban J connectivity index is 1.33. The minimum absolute atomic E-state index is 0.0137. The molecule has 10 atom stereocenters. The first-order valence-corrected chi connectivity index (χ1v) is 10.9. The fraction of sp³-hybridized carbons (Fsp3) is 0.955. The van der Waals surface area contributed by atoms with Crippen LogP contribution in [0.15, 0.2) is 0 Å². The highest BCUT2D eigenvalue weighted by Crippen LogP contribution is 2.70. The van der Waals surface area contributed by atoms with Crippen LogP contribution < -0.4 is 0 Å². The van der Waals surface area contributed by atoms with E-state index in [0.29, 0.717) is 22.5 Å². The molecule has 0 aromatic heterocycles. The van der Waals surface area contributed by atoms with Crippen LogP contribution in [0.2, 0.25) is 0 Å². The van der Waals surface area contributed by atoms with Crippen molar-refractivity contribution in [1.29, 1.82) is 0 Å². The van der Waals surface area contributed by atoms with Crippen LogP contribution in [0.4, 0.5) is 0 Å². The van der Waals surface area contributed by atoms with Crippen molar-refractivity contribution in [3.05, 3.63) is 0 Å². The normalized spacial score (nSPS) is 62.2. The van der Waals surface area contributed by atoms with Crippen LogP contribution in [0.3, 0.4) is 0 Å². The summed E-state index contributed by atoms with van der Waals surface area (Å²) in [4.78, 5) is 12.8. The molecular formula is C22H32O3. The number of fused-ring (bicyclic) bond motifs is 5. The smallest absolute Gasteiger partial charge is 0.167 e. The molecule has 0 amide bonds. The molecule has 1 spiro atoms. The van der Waals surface area contributed by atoms with Crippen LogP contribution >= 0.6 is 0 Å². The van der Waals surface area contributed by atoms with Crippen LogP contribution in [-0.4, -0.2) is 29.2 Å². The standard InChI is InChI=1S/C22H32O3/c1-21-8-6-13(23)10-12(21)2-3-14-15(21)7-9-22-11-18-20(25-18)19(24)17(22)5-4-16(14)22/h12-18,20,23H,2-11H2,1H3/t12-,13+,14+,15-,16-,17+,18+,20+,21-,22-/m0/s1. The van der Waals surface area contributed by atoms with E-state index in [9.17, 15) is 9.90 Å². The highest BCUT2D eigenvalue weighted by atomic mass is 16.6. The maximum atomic E-state index is 12.8. The predicted molar refractivity (Wildman–Crippen MR) is 93.8 cm³/mol. The summed E-state index contributed by atoms with van der Waals surface area (Å²) in [6, 6.07) is 0. The van der Waals surface area contributed by atoms with Crippen LogP contribution in [0, 0.1) is 40.4 Å². The molecule has 3 nitrogen and oxygen atoms in total. The molecule has 6 rings (SSSR count). The van der Waals surface area contributed by atoms with Crippen molar-refractivity contribution in [1.82, 2.24) is 0 Å². The van der Waals surface area contributed by atoms with Crippen molar-refractivity contribution in [2.75, 3.05) is 0 Å². The number of hydrogen-bond donors (Lipinski definition) is 1. The summed E-state index contributed by atoms with van der Waals surface area (Å²) in [6.07, 6.45) is 12.3. The van der Waals surface area contributed by atoms with E-state index in [2.05, 4.69) is 6.92 Å². The summed E-state index contributed by atoms with van der Waals surface area (Å²) >= 11 is 0. The lowest BCUT2D eigenvalue weighted by molar-refractivity contribution is -0.146. The first-order valence-electron chi connectivity index (χ1n) is 10.9. The molecule has 1 aliphatic heterocycles. The molecule has 25 heavy (non-hydrogen) atoms. The Kier molecular flexibility index (Phi) is 3.06. The van der Waals surface area contributed by atoms with Crippen molar-refractivity contribution in [2.45, 2.75) is 89.4 Å². The van der Waals surface area contributed by atoms with Crippen molar-refractivity contribution >= 4 is 5.78 Å². The molecule has 0 aromatic rings. The minimum atomic E-state index is -0.0552. The average molecular weight is 344 g/mol. The zero-order valence-electron chi connectivity index (χ0n) is 15.5. The van der Waals surface area contributed by atoms with Crippen molar-refractivity contribution in [3.8, 4) is 0 Å². The second kappa shape index (κ2) is 4.90. The molecule has 0 unspecified atom stereocenters. The van der Waals surface area contributed by atoms with Gasteiger partial charge in [-0.25, -0.2) is 0 Å². The number of carbonyl (C=O) groups excluding carboxylic acids is 1. The molecule has 1 N–H and O–H groups in total. The summed E-state index contributed by atoms with van der Waals surface area (Å²) in [5.41, 5.74) is 0.742. The zero-order chi connectivity index (χ0) is 17.0. The lowest BCUT2D eigenvalue weighted by Crippen LogP contribution is -2.56. The average Bonchev–Trinajstić information content (AvgIpc) is 3.25. The van der Waals surface area contributed by atoms with E-state index in [4.69, 9.17) is 4.74 Å². The summed E-state index contributed by atoms with van der Waals surface area (Å²) in [6.45, 7) is 2.55. The molecule has 1 heterocycles. The summed E-state index contributed by atoms with van der Waals surface area (Å²) in [5, 5.41) is 10.2. The molecule has 5 aliphatic carbocycles. The molecule has 0 radical (unpaired) electrons. The third-order valence-electron chi connectivity index (χ3n) is 10.1. The van der Waals surface area contributed by atoms with E-state index < -0.39 is 0 Å². The summed E-state index contributed by atoms with van der Waals surface area (Å²) in [5.74, 6) is 3.96. The largest absolute Gasteiger partial charge is 0.393 e. The molecule has 1 saturated heterocycles. The third-order valence-corrected chi connectivity index (χ3v) is 10.1. The van der Waals surface area contributed by atoms with Gasteiger partial charge in [-0.15, -0.1) is 0 Å². The van der Waals surface area contributed by atoms with Gasteiger partial charge < -0.3 is 9.84 Å². The molecule has 5 saturated carbocycles. The van der Waals surface area contributed by atoms with Crippen LogP contribution in [0.1, 0.15) is 71.1 Å². The van der Waals surface area contributed by atoms with Crippen molar-refractivity contribution in [3.63, 3.8) is 0 Å². The summed E-state index contributed by atoms with van der Waals surface area (Å²) in [7, 11) is 0. The van der Waals surface area contributed by atoms with Gasteiger partial charge in [-0.2, -0.15) is 0 Å². The Bertz CT molecular complexity index is 616. The molecule has 6 fully saturated rings. The Morgan fingerprint density at radius 3 is 2.80 bits per heavy atom. The van der Waals surface area contributed by atoms with Crippen molar-refractivity contribution in [2.24, 2.45) is 40.4 Å². The minimum Gasteiger partial charge on any atom is -0.393 e. The number of hydrogen-bond acceptors (Lipinski definition) is 3. The third kappa shape index (κ3) is 1.87. The number of carbonyl (C=O) groups is 1. The summed E-state index contributed by atoms with van der Waals surface area (Å²) < 4.78 is 5.75. The fourth-order valence-electron chi connectivity index (χ4n) is 8.99. The maximum Gasteiger partial charge on any atom is 0.167 e. The number of ketones is 1. The number of aliphatic hydroxyl groups is 1. The molecular weight excluding hydrogens is 312 g/mol. The Labute approximate surface area is 150 Å². The van der Waals surface area contributed by atoms with E-state index in [1.165, 1.54) is 44.9 Å². The SMILES string of the molecule is C[C@]12CC[C@@H](O)C[C@@H]1CC[C@@H]1[C@@H]2CC[C@@]23C[C@H]4O[C@H]4C(=O)[C@H]2CC[C@@H]13. The molecule has 138 valence electrons. The monoisotopic (exact) mass is 344 g/mol. The number of ether oxygens (including phenoxy) is 1. The fourth-order valence-corrected chi connectivity index (χ4v) is 8.99. The first kappa shape index (κ1) is 15.6. The van der Waals surface area contributed by atoms with Gasteiger partial charge >= 0.3 is 0 Å². The van der Waals surface area contributed by atoms with E-state index in [1.54, 1.807) is 0 Å². The number of rotatable bonds is 0. The van der Waals surface area contributed by atoms with Gasteiger partial charge in [0.05, 0.1) is 12.2 Å². The Hall–Kier alpha value is -0.410.